The van der Waals surface area contributed by atoms with Crippen molar-refractivity contribution in [3.63, 3.8) is 0 Å². The standard InChI is InChI=1S/C8H7F5O/c1-3-6(14)5(2)4-7(9,10)8(11,12)13/h1,4,6,14H,2H3. The lowest BCUT2D eigenvalue weighted by atomic mass is 10.1. The van der Waals surface area contributed by atoms with E-state index in [4.69, 9.17) is 5.11 Å². The largest absolute Gasteiger partial charge is 0.457 e. The van der Waals surface area contributed by atoms with Crippen molar-refractivity contribution in [2.75, 3.05) is 0 Å². The molecule has 0 bridgehead atoms. The SMILES string of the molecule is C#CC(O)C(C)=CC(F)(F)C(F)(F)F. The van der Waals surface area contributed by atoms with Crippen molar-refractivity contribution in [1.29, 1.82) is 0 Å². The Morgan fingerprint density at radius 1 is 1.36 bits per heavy atom. The maximum absolute atomic E-state index is 12.3. The molecule has 0 saturated carbocycles. The smallest absolute Gasteiger partial charge is 0.376 e. The molecule has 1 N–H and O–H groups in total. The van der Waals surface area contributed by atoms with Crippen molar-refractivity contribution in [2.45, 2.75) is 25.1 Å². The Balaban J connectivity index is 4.91. The molecule has 0 saturated heterocycles. The van der Waals surface area contributed by atoms with Gasteiger partial charge < -0.3 is 5.11 Å². The van der Waals surface area contributed by atoms with Gasteiger partial charge in [-0.15, -0.1) is 6.42 Å². The fraction of sp³-hybridized carbons (Fsp3) is 0.500. The Morgan fingerprint density at radius 2 is 1.79 bits per heavy atom. The van der Waals surface area contributed by atoms with E-state index in [2.05, 4.69) is 6.42 Å². The maximum atomic E-state index is 12.3. The molecule has 1 unspecified atom stereocenters. The maximum Gasteiger partial charge on any atom is 0.457 e. The Kier molecular flexibility index (Phi) is 3.66. The fourth-order valence-electron chi connectivity index (χ4n) is 0.578. The Hall–Kier alpha value is -1.09. The van der Waals surface area contributed by atoms with E-state index in [-0.39, 0.29) is 0 Å². The fourth-order valence-corrected chi connectivity index (χ4v) is 0.578. The third-order valence-corrected chi connectivity index (χ3v) is 1.38. The third kappa shape index (κ3) is 3.00. The predicted octanol–water partition coefficient (Wildman–Crippen LogP) is 2.12. The first-order valence-electron chi connectivity index (χ1n) is 3.40. The van der Waals surface area contributed by atoms with E-state index in [0.717, 1.165) is 6.92 Å². The number of hydrogen-bond donors (Lipinski definition) is 1. The van der Waals surface area contributed by atoms with Crippen LogP contribution in [-0.2, 0) is 0 Å². The van der Waals surface area contributed by atoms with Crippen LogP contribution in [0.3, 0.4) is 0 Å². The number of hydrogen-bond acceptors (Lipinski definition) is 1. The Morgan fingerprint density at radius 3 is 2.07 bits per heavy atom. The molecule has 1 nitrogen and oxygen atoms in total. The van der Waals surface area contributed by atoms with E-state index in [0.29, 0.717) is 0 Å². The van der Waals surface area contributed by atoms with Crippen LogP contribution in [0, 0.1) is 12.3 Å². The first-order chi connectivity index (χ1) is 6.12. The summed E-state index contributed by atoms with van der Waals surface area (Å²) in [5.74, 6) is -3.35. The van der Waals surface area contributed by atoms with Crippen molar-refractivity contribution < 1.29 is 27.1 Å². The summed E-state index contributed by atoms with van der Waals surface area (Å²) in [6.07, 6.45) is -3.17. The molecule has 6 heteroatoms. The highest BCUT2D eigenvalue weighted by Crippen LogP contribution is 2.37. The number of halogens is 5. The molecule has 0 aliphatic carbocycles. The van der Waals surface area contributed by atoms with Crippen LogP contribution >= 0.6 is 0 Å². The zero-order valence-electron chi connectivity index (χ0n) is 7.07. The van der Waals surface area contributed by atoms with Gasteiger partial charge in [0.1, 0.15) is 6.10 Å². The van der Waals surface area contributed by atoms with Crippen LogP contribution in [0.15, 0.2) is 11.6 Å². The molecule has 0 fully saturated rings. The normalized spacial score (nSPS) is 16.3. The van der Waals surface area contributed by atoms with Crippen molar-refractivity contribution in [1.82, 2.24) is 0 Å². The Labute approximate surface area is 77.2 Å². The second kappa shape index (κ2) is 3.96. The molecule has 14 heavy (non-hydrogen) atoms. The topological polar surface area (TPSA) is 20.2 Å². The second-order valence-electron chi connectivity index (χ2n) is 2.58. The second-order valence-corrected chi connectivity index (χ2v) is 2.58. The van der Waals surface area contributed by atoms with Crippen molar-refractivity contribution in [3.05, 3.63) is 11.6 Å². The van der Waals surface area contributed by atoms with Crippen LogP contribution in [0.25, 0.3) is 0 Å². The molecule has 0 rings (SSSR count). The molecule has 0 aliphatic rings. The summed E-state index contributed by atoms with van der Waals surface area (Å²) in [4.78, 5) is 0. The van der Waals surface area contributed by atoms with Gasteiger partial charge in [0, 0.05) is 0 Å². The molecule has 0 spiro atoms. The minimum atomic E-state index is -5.68. The minimum Gasteiger partial charge on any atom is -0.376 e. The van der Waals surface area contributed by atoms with E-state index in [1.165, 1.54) is 0 Å². The summed E-state index contributed by atoms with van der Waals surface area (Å²) in [6, 6.07) is 0. The lowest BCUT2D eigenvalue weighted by Crippen LogP contribution is -2.35. The van der Waals surface area contributed by atoms with Gasteiger partial charge in [-0.05, 0) is 18.6 Å². The summed E-state index contributed by atoms with van der Waals surface area (Å²) < 4.78 is 59.5. The number of alkyl halides is 5. The number of aliphatic hydroxyl groups is 1. The van der Waals surface area contributed by atoms with Gasteiger partial charge in [-0.25, -0.2) is 0 Å². The molecule has 0 aromatic heterocycles. The molecular weight excluding hydrogens is 207 g/mol. The highest BCUT2D eigenvalue weighted by molar-refractivity contribution is 5.20. The molecule has 0 radical (unpaired) electrons. The molecule has 0 heterocycles. The monoisotopic (exact) mass is 214 g/mol. The minimum absolute atomic E-state index is 0.391. The van der Waals surface area contributed by atoms with Gasteiger partial charge in [0.2, 0.25) is 0 Å². The predicted molar refractivity (Wildman–Crippen MR) is 39.6 cm³/mol. The van der Waals surface area contributed by atoms with Gasteiger partial charge in [0.05, 0.1) is 0 Å². The van der Waals surface area contributed by atoms with Gasteiger partial charge in [0.25, 0.3) is 0 Å². The summed E-state index contributed by atoms with van der Waals surface area (Å²) in [5, 5.41) is 8.75. The van der Waals surface area contributed by atoms with Gasteiger partial charge in [-0.3, -0.25) is 0 Å². The molecule has 0 aromatic rings. The number of terminal acetylenes is 1. The van der Waals surface area contributed by atoms with E-state index < -0.39 is 29.9 Å². The first kappa shape index (κ1) is 12.9. The molecule has 0 amide bonds. The van der Waals surface area contributed by atoms with Crippen LogP contribution in [0.1, 0.15) is 6.92 Å². The number of rotatable bonds is 2. The van der Waals surface area contributed by atoms with E-state index in [1.807, 2.05) is 0 Å². The van der Waals surface area contributed by atoms with Gasteiger partial charge in [-0.2, -0.15) is 22.0 Å². The average Bonchev–Trinajstić information content (AvgIpc) is 2.00. The summed E-state index contributed by atoms with van der Waals surface area (Å²) in [6.45, 7) is 0.893. The highest BCUT2D eigenvalue weighted by atomic mass is 19.4. The van der Waals surface area contributed by atoms with Crippen LogP contribution in [0.4, 0.5) is 22.0 Å². The summed E-state index contributed by atoms with van der Waals surface area (Å²) in [7, 11) is 0. The lowest BCUT2D eigenvalue weighted by Gasteiger charge is -2.17. The van der Waals surface area contributed by atoms with Crippen LogP contribution in [0.2, 0.25) is 0 Å². The van der Waals surface area contributed by atoms with E-state index >= 15 is 0 Å². The Bertz CT molecular complexity index is 270. The van der Waals surface area contributed by atoms with Crippen LogP contribution in [0.5, 0.6) is 0 Å². The summed E-state index contributed by atoms with van der Waals surface area (Å²) >= 11 is 0. The van der Waals surface area contributed by atoms with E-state index in [9.17, 15) is 22.0 Å². The zero-order valence-corrected chi connectivity index (χ0v) is 7.07. The van der Waals surface area contributed by atoms with Crippen LogP contribution in [-0.4, -0.2) is 23.3 Å². The van der Waals surface area contributed by atoms with Crippen molar-refractivity contribution in [3.8, 4) is 12.3 Å². The lowest BCUT2D eigenvalue weighted by molar-refractivity contribution is -0.259. The number of allylic oxidation sites excluding steroid dienone is 1. The van der Waals surface area contributed by atoms with Crippen molar-refractivity contribution in [2.24, 2.45) is 0 Å². The van der Waals surface area contributed by atoms with Crippen LogP contribution < -0.4 is 0 Å². The van der Waals surface area contributed by atoms with Crippen molar-refractivity contribution >= 4 is 0 Å². The quantitative estimate of drug-likeness (QED) is 0.424. The molecular formula is C8H7F5O. The third-order valence-electron chi connectivity index (χ3n) is 1.38. The highest BCUT2D eigenvalue weighted by Gasteiger charge is 2.55. The molecule has 0 aromatic carbocycles. The first-order valence-corrected chi connectivity index (χ1v) is 3.40. The average molecular weight is 214 g/mol. The zero-order chi connectivity index (χ0) is 11.6. The molecule has 0 aliphatic heterocycles. The van der Waals surface area contributed by atoms with Gasteiger partial charge in [0.15, 0.2) is 0 Å². The molecule has 1 atom stereocenters. The van der Waals surface area contributed by atoms with E-state index in [1.54, 1.807) is 5.92 Å². The van der Waals surface area contributed by atoms with Gasteiger partial charge in [-0.1, -0.05) is 5.92 Å². The summed E-state index contributed by atoms with van der Waals surface area (Å²) in [5.41, 5.74) is -0.616. The number of aliphatic hydroxyl groups excluding tert-OH is 1. The van der Waals surface area contributed by atoms with Gasteiger partial charge >= 0.3 is 12.1 Å². The molecule has 80 valence electrons.